The molecule has 26 heavy (non-hydrogen) atoms. The Balaban J connectivity index is 1.80. The fourth-order valence-electron chi connectivity index (χ4n) is 3.58. The summed E-state index contributed by atoms with van der Waals surface area (Å²) in [7, 11) is 0. The van der Waals surface area contributed by atoms with Crippen LogP contribution in [0.2, 0.25) is 0 Å². The Morgan fingerprint density at radius 2 is 1.92 bits per heavy atom. The lowest BCUT2D eigenvalue weighted by Crippen LogP contribution is -2.38. The Morgan fingerprint density at radius 3 is 2.69 bits per heavy atom. The van der Waals surface area contributed by atoms with Crippen molar-refractivity contribution in [3.05, 3.63) is 71.5 Å². The average molecular weight is 347 g/mol. The minimum absolute atomic E-state index is 0.0966. The van der Waals surface area contributed by atoms with Crippen molar-refractivity contribution in [3.63, 3.8) is 0 Å². The highest BCUT2D eigenvalue weighted by atomic mass is 16.5. The Labute approximate surface area is 152 Å². The molecule has 1 atom stereocenters. The van der Waals surface area contributed by atoms with Crippen LogP contribution in [-0.2, 0) is 4.79 Å². The zero-order valence-corrected chi connectivity index (χ0v) is 15.0. The van der Waals surface area contributed by atoms with Gasteiger partial charge in [0.05, 0.1) is 5.41 Å². The highest BCUT2D eigenvalue weighted by molar-refractivity contribution is 5.95. The van der Waals surface area contributed by atoms with Crippen LogP contribution in [0.1, 0.15) is 36.5 Å². The molecule has 1 aliphatic heterocycles. The fraction of sp³-hybridized carbons (Fsp3) is 0.238. The summed E-state index contributed by atoms with van der Waals surface area (Å²) in [5.41, 5.74) is 2.45. The lowest BCUT2D eigenvalue weighted by atomic mass is 9.69. The number of anilines is 1. The third-order valence-corrected chi connectivity index (χ3v) is 4.97. The second-order valence-corrected chi connectivity index (χ2v) is 7.23. The number of ether oxygens (including phenoxy) is 1. The van der Waals surface area contributed by atoms with E-state index < -0.39 is 5.41 Å². The quantitative estimate of drug-likeness (QED) is 0.726. The number of carbonyl (C=O) groups excluding carboxylic acids is 1. The third kappa shape index (κ3) is 2.65. The maximum absolute atomic E-state index is 13.1. The molecule has 1 aliphatic rings. The van der Waals surface area contributed by atoms with Gasteiger partial charge in [-0.15, -0.1) is 0 Å². The summed E-state index contributed by atoms with van der Waals surface area (Å²) in [6.07, 6.45) is 3.30. The Hall–Kier alpha value is -3.08. The number of para-hydroxylation sites is 1. The number of carbonyl (C=O) groups is 1. The zero-order chi connectivity index (χ0) is 18.3. The van der Waals surface area contributed by atoms with Gasteiger partial charge in [0.1, 0.15) is 11.5 Å². The van der Waals surface area contributed by atoms with Gasteiger partial charge >= 0.3 is 0 Å². The number of nitrogens with zero attached hydrogens (tertiary/aromatic N) is 1. The van der Waals surface area contributed by atoms with Gasteiger partial charge in [-0.3, -0.25) is 10.1 Å². The van der Waals surface area contributed by atoms with E-state index in [1.54, 1.807) is 12.4 Å². The number of aromatic amines is 1. The average Bonchev–Trinajstić information content (AvgIpc) is 3.12. The molecule has 0 saturated carbocycles. The van der Waals surface area contributed by atoms with Crippen LogP contribution in [0.5, 0.6) is 11.5 Å². The molecule has 1 unspecified atom stereocenters. The molecule has 2 N–H and O–H groups in total. The number of H-pyrrole nitrogens is 1. The lowest BCUT2D eigenvalue weighted by Gasteiger charge is -2.38. The standard InChI is InChI=1S/C21H21N3O2/c1-13-8-9-15-17(12-13)26-16-7-5-4-6-14(16)18(15)21(2,3)19(25)24-20-22-10-11-23-20/h4-12,18H,1-3H3,(H2,22,23,24,25). The molecule has 2 heterocycles. The van der Waals surface area contributed by atoms with Gasteiger partial charge in [0.15, 0.2) is 0 Å². The molecular weight excluding hydrogens is 326 g/mol. The number of imidazole rings is 1. The second kappa shape index (κ2) is 6.02. The Kier molecular flexibility index (Phi) is 3.80. The minimum atomic E-state index is -0.712. The van der Waals surface area contributed by atoms with Gasteiger partial charge in [0.25, 0.3) is 0 Å². The molecular formula is C21H21N3O2. The van der Waals surface area contributed by atoms with Crippen LogP contribution >= 0.6 is 0 Å². The molecule has 0 bridgehead atoms. The number of hydrogen-bond acceptors (Lipinski definition) is 3. The first kappa shape index (κ1) is 16.4. The number of amides is 1. The van der Waals surface area contributed by atoms with Crippen LogP contribution in [0.25, 0.3) is 0 Å². The molecule has 0 spiro atoms. The normalized spacial score (nSPS) is 15.6. The number of rotatable bonds is 3. The van der Waals surface area contributed by atoms with Crippen LogP contribution in [0.3, 0.4) is 0 Å². The Bertz CT molecular complexity index is 961. The van der Waals surface area contributed by atoms with E-state index in [1.165, 1.54) is 0 Å². The highest BCUT2D eigenvalue weighted by Gasteiger charge is 2.43. The fourth-order valence-corrected chi connectivity index (χ4v) is 3.58. The summed E-state index contributed by atoms with van der Waals surface area (Å²) in [5.74, 6) is 1.84. The summed E-state index contributed by atoms with van der Waals surface area (Å²) in [5, 5.41) is 2.89. The minimum Gasteiger partial charge on any atom is -0.457 e. The zero-order valence-electron chi connectivity index (χ0n) is 15.0. The van der Waals surface area contributed by atoms with Crippen molar-refractivity contribution in [1.29, 1.82) is 0 Å². The van der Waals surface area contributed by atoms with E-state index in [4.69, 9.17) is 4.74 Å². The molecule has 0 aliphatic carbocycles. The van der Waals surface area contributed by atoms with Crippen molar-refractivity contribution in [3.8, 4) is 11.5 Å². The maximum Gasteiger partial charge on any atom is 0.233 e. The van der Waals surface area contributed by atoms with Crippen LogP contribution in [0.15, 0.2) is 54.9 Å². The summed E-state index contributed by atoms with van der Waals surface area (Å²) < 4.78 is 6.12. The van der Waals surface area contributed by atoms with Crippen molar-refractivity contribution in [1.82, 2.24) is 9.97 Å². The van der Waals surface area contributed by atoms with Crippen molar-refractivity contribution < 1.29 is 9.53 Å². The van der Waals surface area contributed by atoms with Crippen LogP contribution in [0, 0.1) is 12.3 Å². The number of aryl methyl sites for hydroxylation is 1. The summed E-state index contributed by atoms with van der Waals surface area (Å²) in [6, 6.07) is 14.1. The van der Waals surface area contributed by atoms with Crippen LogP contribution < -0.4 is 10.1 Å². The van der Waals surface area contributed by atoms with E-state index in [-0.39, 0.29) is 11.8 Å². The van der Waals surface area contributed by atoms with Crippen molar-refractivity contribution in [2.45, 2.75) is 26.7 Å². The van der Waals surface area contributed by atoms with Crippen LogP contribution in [0.4, 0.5) is 5.95 Å². The van der Waals surface area contributed by atoms with Crippen molar-refractivity contribution in [2.75, 3.05) is 5.32 Å². The molecule has 0 saturated heterocycles. The number of aromatic nitrogens is 2. The van der Waals surface area contributed by atoms with E-state index in [1.807, 2.05) is 51.1 Å². The van der Waals surface area contributed by atoms with Gasteiger partial charge in [-0.2, -0.15) is 0 Å². The summed E-state index contributed by atoms with van der Waals surface area (Å²) >= 11 is 0. The molecule has 2 aromatic carbocycles. The van der Waals surface area contributed by atoms with E-state index >= 15 is 0 Å². The van der Waals surface area contributed by atoms with Gasteiger partial charge < -0.3 is 9.72 Å². The van der Waals surface area contributed by atoms with Gasteiger partial charge in [0.2, 0.25) is 11.9 Å². The maximum atomic E-state index is 13.1. The molecule has 5 heteroatoms. The summed E-state index contributed by atoms with van der Waals surface area (Å²) in [6.45, 7) is 5.96. The van der Waals surface area contributed by atoms with E-state index in [2.05, 4.69) is 27.4 Å². The largest absolute Gasteiger partial charge is 0.457 e. The first-order valence-electron chi connectivity index (χ1n) is 8.65. The molecule has 0 fully saturated rings. The summed E-state index contributed by atoms with van der Waals surface area (Å²) in [4.78, 5) is 20.1. The molecule has 1 aromatic heterocycles. The molecule has 1 amide bonds. The van der Waals surface area contributed by atoms with Gasteiger partial charge in [-0.05, 0) is 24.6 Å². The number of fused-ring (bicyclic) bond motifs is 2. The predicted molar refractivity (Wildman–Crippen MR) is 101 cm³/mol. The van der Waals surface area contributed by atoms with E-state index in [0.717, 1.165) is 28.2 Å². The molecule has 0 radical (unpaired) electrons. The second-order valence-electron chi connectivity index (χ2n) is 7.23. The van der Waals surface area contributed by atoms with E-state index in [9.17, 15) is 4.79 Å². The first-order chi connectivity index (χ1) is 12.5. The molecule has 5 nitrogen and oxygen atoms in total. The smallest absolute Gasteiger partial charge is 0.233 e. The predicted octanol–water partition coefficient (Wildman–Crippen LogP) is 4.62. The highest BCUT2D eigenvalue weighted by Crippen LogP contribution is 2.52. The molecule has 4 rings (SSSR count). The number of benzene rings is 2. The number of hydrogen-bond donors (Lipinski definition) is 2. The van der Waals surface area contributed by atoms with Crippen molar-refractivity contribution >= 4 is 11.9 Å². The van der Waals surface area contributed by atoms with Crippen molar-refractivity contribution in [2.24, 2.45) is 5.41 Å². The first-order valence-corrected chi connectivity index (χ1v) is 8.65. The van der Waals surface area contributed by atoms with Gasteiger partial charge in [-0.1, -0.05) is 44.2 Å². The monoisotopic (exact) mass is 347 g/mol. The third-order valence-electron chi connectivity index (χ3n) is 4.97. The lowest BCUT2D eigenvalue weighted by molar-refractivity contribution is -0.124. The van der Waals surface area contributed by atoms with Gasteiger partial charge in [0, 0.05) is 29.4 Å². The van der Waals surface area contributed by atoms with Gasteiger partial charge in [-0.25, -0.2) is 4.98 Å². The van der Waals surface area contributed by atoms with Crippen LogP contribution in [-0.4, -0.2) is 15.9 Å². The number of nitrogens with one attached hydrogen (secondary N) is 2. The topological polar surface area (TPSA) is 67.0 Å². The molecule has 132 valence electrons. The van der Waals surface area contributed by atoms with E-state index in [0.29, 0.717) is 5.95 Å². The Morgan fingerprint density at radius 1 is 1.15 bits per heavy atom. The SMILES string of the molecule is Cc1ccc2c(c1)Oc1ccccc1C2C(C)(C)C(=O)Nc1ncc[nH]1. The molecule has 3 aromatic rings.